The van der Waals surface area contributed by atoms with E-state index in [0.717, 1.165) is 0 Å². The largest absolute Gasteiger partial charge is 0.361 e. The Kier molecular flexibility index (Phi) is 1.50. The summed E-state index contributed by atoms with van der Waals surface area (Å²) in [5.74, 6) is 0. The summed E-state index contributed by atoms with van der Waals surface area (Å²) < 4.78 is 2.76. The van der Waals surface area contributed by atoms with Gasteiger partial charge in [-0.1, -0.05) is 24.3 Å². The molecule has 0 spiro atoms. The van der Waals surface area contributed by atoms with E-state index >= 15 is 0 Å². The van der Waals surface area contributed by atoms with E-state index < -0.39 is 0 Å². The second kappa shape index (κ2) is 2.86. The topological polar surface area (TPSA) is 15.8 Å². The summed E-state index contributed by atoms with van der Waals surface area (Å²) in [6.07, 6.45) is 2.01. The van der Waals surface area contributed by atoms with Gasteiger partial charge in [0.2, 0.25) is 0 Å². The van der Waals surface area contributed by atoms with Crippen molar-refractivity contribution < 1.29 is 0 Å². The SMILES string of the molecule is c1ccc2c(c1)sc1c3cc[nH]c3ccc21. The molecule has 0 amide bonds. The first-order valence-corrected chi connectivity index (χ1v) is 6.12. The fraction of sp³-hybridized carbons (Fsp3) is 0. The predicted octanol–water partition coefficient (Wildman–Crippen LogP) is 4.54. The van der Waals surface area contributed by atoms with Crippen LogP contribution in [0.1, 0.15) is 0 Å². The van der Waals surface area contributed by atoms with Gasteiger partial charge < -0.3 is 4.98 Å². The molecule has 0 bridgehead atoms. The number of hydrogen-bond acceptors (Lipinski definition) is 1. The third-order valence-corrected chi connectivity index (χ3v) is 4.29. The Hall–Kier alpha value is -1.80. The van der Waals surface area contributed by atoms with E-state index in [-0.39, 0.29) is 0 Å². The van der Waals surface area contributed by atoms with Gasteiger partial charge in [0, 0.05) is 37.3 Å². The zero-order valence-electron chi connectivity index (χ0n) is 8.53. The molecule has 4 aromatic rings. The molecule has 2 heterocycles. The molecular formula is C14H9NS. The van der Waals surface area contributed by atoms with Crippen LogP contribution in [0.25, 0.3) is 31.1 Å². The summed E-state index contributed by atoms with van der Waals surface area (Å²) in [6.45, 7) is 0. The van der Waals surface area contributed by atoms with E-state index in [0.29, 0.717) is 0 Å². The van der Waals surface area contributed by atoms with Crippen molar-refractivity contribution in [1.82, 2.24) is 4.98 Å². The number of aromatic amines is 1. The number of fused-ring (bicyclic) bond motifs is 5. The van der Waals surface area contributed by atoms with Gasteiger partial charge in [0.15, 0.2) is 0 Å². The van der Waals surface area contributed by atoms with Crippen LogP contribution in [0.3, 0.4) is 0 Å². The minimum absolute atomic E-state index is 1.22. The molecule has 2 heteroatoms. The Bertz CT molecular complexity index is 807. The smallest absolute Gasteiger partial charge is 0.0468 e. The molecule has 1 N–H and O–H groups in total. The molecule has 0 atom stereocenters. The molecule has 76 valence electrons. The van der Waals surface area contributed by atoms with Crippen LogP contribution in [-0.2, 0) is 0 Å². The van der Waals surface area contributed by atoms with Crippen molar-refractivity contribution in [3.05, 3.63) is 48.7 Å². The normalized spacial score (nSPS) is 11.8. The zero-order chi connectivity index (χ0) is 10.5. The zero-order valence-corrected chi connectivity index (χ0v) is 9.34. The highest BCUT2D eigenvalue weighted by Gasteiger charge is 2.07. The maximum Gasteiger partial charge on any atom is 0.0468 e. The Morgan fingerprint density at radius 2 is 1.75 bits per heavy atom. The van der Waals surface area contributed by atoms with Gasteiger partial charge in [0.25, 0.3) is 0 Å². The molecular weight excluding hydrogens is 214 g/mol. The lowest BCUT2D eigenvalue weighted by Gasteiger charge is -1.92. The van der Waals surface area contributed by atoms with Crippen LogP contribution in [0, 0.1) is 0 Å². The summed E-state index contributed by atoms with van der Waals surface area (Å²) in [4.78, 5) is 3.26. The molecule has 2 aromatic carbocycles. The number of benzene rings is 2. The monoisotopic (exact) mass is 223 g/mol. The van der Waals surface area contributed by atoms with Crippen molar-refractivity contribution in [2.75, 3.05) is 0 Å². The van der Waals surface area contributed by atoms with Crippen LogP contribution in [0.5, 0.6) is 0 Å². The quantitative estimate of drug-likeness (QED) is 0.450. The second-order valence-electron chi connectivity index (χ2n) is 3.98. The summed E-state index contributed by atoms with van der Waals surface area (Å²) in [6, 6.07) is 15.1. The fourth-order valence-electron chi connectivity index (χ4n) is 2.32. The first kappa shape index (κ1) is 8.36. The molecule has 0 aliphatic rings. The van der Waals surface area contributed by atoms with E-state index in [9.17, 15) is 0 Å². The highest BCUT2D eigenvalue weighted by molar-refractivity contribution is 7.26. The van der Waals surface area contributed by atoms with Crippen LogP contribution in [-0.4, -0.2) is 4.98 Å². The molecule has 4 rings (SSSR count). The molecule has 0 aliphatic heterocycles. The molecule has 0 unspecified atom stereocenters. The first-order chi connectivity index (χ1) is 7.93. The fourth-order valence-corrected chi connectivity index (χ4v) is 3.55. The van der Waals surface area contributed by atoms with Gasteiger partial charge >= 0.3 is 0 Å². The molecule has 0 saturated carbocycles. The molecule has 0 aliphatic carbocycles. The van der Waals surface area contributed by atoms with Crippen LogP contribution >= 0.6 is 11.3 Å². The number of nitrogens with one attached hydrogen (secondary N) is 1. The van der Waals surface area contributed by atoms with Gasteiger partial charge in [-0.25, -0.2) is 0 Å². The number of H-pyrrole nitrogens is 1. The minimum atomic E-state index is 1.22. The molecule has 2 aromatic heterocycles. The molecule has 0 radical (unpaired) electrons. The second-order valence-corrected chi connectivity index (χ2v) is 5.03. The number of rotatable bonds is 0. The van der Waals surface area contributed by atoms with Crippen molar-refractivity contribution in [2.24, 2.45) is 0 Å². The van der Waals surface area contributed by atoms with E-state index in [4.69, 9.17) is 0 Å². The average Bonchev–Trinajstić information content (AvgIpc) is 2.92. The third-order valence-electron chi connectivity index (χ3n) is 3.07. The van der Waals surface area contributed by atoms with Gasteiger partial charge in [-0.05, 0) is 18.2 Å². The number of thiophene rings is 1. The Morgan fingerprint density at radius 3 is 2.75 bits per heavy atom. The lowest BCUT2D eigenvalue weighted by atomic mass is 10.1. The van der Waals surface area contributed by atoms with E-state index in [2.05, 4.69) is 47.4 Å². The van der Waals surface area contributed by atoms with E-state index in [1.807, 2.05) is 17.5 Å². The van der Waals surface area contributed by atoms with Gasteiger partial charge in [-0.15, -0.1) is 11.3 Å². The Labute approximate surface area is 96.3 Å². The van der Waals surface area contributed by atoms with E-state index in [1.165, 1.54) is 31.1 Å². The Morgan fingerprint density at radius 1 is 0.812 bits per heavy atom. The lowest BCUT2D eigenvalue weighted by molar-refractivity contribution is 1.48. The maximum absolute atomic E-state index is 3.26. The highest BCUT2D eigenvalue weighted by Crippen LogP contribution is 2.37. The molecule has 0 fully saturated rings. The predicted molar refractivity (Wildman–Crippen MR) is 71.2 cm³/mol. The van der Waals surface area contributed by atoms with Gasteiger partial charge in [-0.3, -0.25) is 0 Å². The lowest BCUT2D eigenvalue weighted by Crippen LogP contribution is -1.68. The Balaban J connectivity index is 2.38. The minimum Gasteiger partial charge on any atom is -0.361 e. The summed E-state index contributed by atoms with van der Waals surface area (Å²) in [5.41, 5.74) is 1.22. The number of hydrogen-bond donors (Lipinski definition) is 1. The first-order valence-electron chi connectivity index (χ1n) is 5.31. The summed E-state index contributed by atoms with van der Waals surface area (Å²) in [7, 11) is 0. The molecule has 0 saturated heterocycles. The third kappa shape index (κ3) is 0.947. The van der Waals surface area contributed by atoms with Crippen molar-refractivity contribution in [3.63, 3.8) is 0 Å². The van der Waals surface area contributed by atoms with Gasteiger partial charge in [0.1, 0.15) is 0 Å². The summed E-state index contributed by atoms with van der Waals surface area (Å²) >= 11 is 1.88. The highest BCUT2D eigenvalue weighted by atomic mass is 32.1. The van der Waals surface area contributed by atoms with Crippen molar-refractivity contribution in [1.29, 1.82) is 0 Å². The molecule has 1 nitrogen and oxygen atoms in total. The van der Waals surface area contributed by atoms with Crippen molar-refractivity contribution in [2.45, 2.75) is 0 Å². The van der Waals surface area contributed by atoms with Crippen LogP contribution in [0.4, 0.5) is 0 Å². The standard InChI is InChI=1S/C14H9NS/c1-2-4-13-9(3-1)10-5-6-12-11(7-8-15-12)14(10)16-13/h1-8,15H. The van der Waals surface area contributed by atoms with Crippen molar-refractivity contribution in [3.8, 4) is 0 Å². The van der Waals surface area contributed by atoms with Crippen molar-refractivity contribution >= 4 is 42.4 Å². The van der Waals surface area contributed by atoms with Crippen LogP contribution in [0.15, 0.2) is 48.7 Å². The van der Waals surface area contributed by atoms with Gasteiger partial charge in [-0.2, -0.15) is 0 Å². The number of aromatic nitrogens is 1. The van der Waals surface area contributed by atoms with E-state index in [1.54, 1.807) is 0 Å². The maximum atomic E-state index is 3.26. The van der Waals surface area contributed by atoms with Gasteiger partial charge in [0.05, 0.1) is 0 Å². The van der Waals surface area contributed by atoms with Crippen LogP contribution in [0.2, 0.25) is 0 Å². The van der Waals surface area contributed by atoms with Crippen LogP contribution < -0.4 is 0 Å². The summed E-state index contributed by atoms with van der Waals surface area (Å²) in [5, 5.41) is 4.07. The molecule has 16 heavy (non-hydrogen) atoms. The average molecular weight is 223 g/mol.